The molecule has 2 fully saturated rings. The molecule has 2 heterocycles. The highest BCUT2D eigenvalue weighted by Gasteiger charge is 2.58. The third kappa shape index (κ3) is 5.27. The molecular weight excluding hydrogens is 515 g/mol. The highest BCUT2D eigenvalue weighted by Crippen LogP contribution is 2.42. The van der Waals surface area contributed by atoms with Crippen LogP contribution in [-0.4, -0.2) is 55.2 Å². The Kier molecular flexibility index (Phi) is 7.06. The second-order valence-electron chi connectivity index (χ2n) is 9.89. The Balaban J connectivity index is 1.74. The SMILES string of the molecule is CC1(C)O[C@H]2O[C@H]([C@@H](I)CO[Si](C)(C)C(C)(C)C)[C@@H](OC(=O)c3ccccc3)[C@H]2O1. The van der Waals surface area contributed by atoms with E-state index in [0.29, 0.717) is 12.2 Å². The number of carbonyl (C=O) groups is 1. The second kappa shape index (κ2) is 8.78. The lowest BCUT2D eigenvalue weighted by Crippen LogP contribution is -2.46. The number of hydrogen-bond donors (Lipinski definition) is 0. The molecule has 3 rings (SSSR count). The summed E-state index contributed by atoms with van der Waals surface area (Å²) >= 11 is 2.33. The molecule has 1 aromatic rings. The fraction of sp³-hybridized carbons (Fsp3) is 0.682. The molecule has 0 N–H and O–H groups in total. The Morgan fingerprint density at radius 3 is 2.43 bits per heavy atom. The minimum absolute atomic E-state index is 0.0220. The van der Waals surface area contributed by atoms with Crippen LogP contribution in [0.5, 0.6) is 0 Å². The van der Waals surface area contributed by atoms with E-state index in [1.54, 1.807) is 12.1 Å². The predicted molar refractivity (Wildman–Crippen MR) is 125 cm³/mol. The number of alkyl halides is 1. The molecule has 0 amide bonds. The van der Waals surface area contributed by atoms with Gasteiger partial charge in [0.2, 0.25) is 0 Å². The molecule has 2 aliphatic rings. The molecule has 8 heteroatoms. The summed E-state index contributed by atoms with van der Waals surface area (Å²) in [6.45, 7) is 15.3. The van der Waals surface area contributed by atoms with Crippen molar-refractivity contribution in [2.24, 2.45) is 0 Å². The van der Waals surface area contributed by atoms with Gasteiger partial charge in [0.25, 0.3) is 0 Å². The Labute approximate surface area is 194 Å². The van der Waals surface area contributed by atoms with E-state index < -0.39 is 38.6 Å². The van der Waals surface area contributed by atoms with E-state index in [9.17, 15) is 4.79 Å². The molecule has 0 saturated carbocycles. The molecule has 168 valence electrons. The summed E-state index contributed by atoms with van der Waals surface area (Å²) in [6.07, 6.45) is -1.99. The van der Waals surface area contributed by atoms with Gasteiger partial charge in [-0.3, -0.25) is 0 Å². The van der Waals surface area contributed by atoms with E-state index in [-0.39, 0.29) is 15.1 Å². The van der Waals surface area contributed by atoms with Gasteiger partial charge >= 0.3 is 5.97 Å². The zero-order valence-electron chi connectivity index (χ0n) is 18.8. The molecule has 30 heavy (non-hydrogen) atoms. The zero-order valence-corrected chi connectivity index (χ0v) is 22.0. The summed E-state index contributed by atoms with van der Waals surface area (Å²) in [5.74, 6) is -1.17. The molecule has 2 saturated heterocycles. The average Bonchev–Trinajstić information content (AvgIpc) is 3.12. The lowest BCUT2D eigenvalue weighted by Gasteiger charge is -2.37. The van der Waals surface area contributed by atoms with Crippen molar-refractivity contribution in [3.63, 3.8) is 0 Å². The smallest absolute Gasteiger partial charge is 0.338 e. The van der Waals surface area contributed by atoms with Crippen LogP contribution in [0.3, 0.4) is 0 Å². The van der Waals surface area contributed by atoms with Gasteiger partial charge in [0.05, 0.1) is 9.49 Å². The first-order valence-corrected chi connectivity index (χ1v) is 14.5. The van der Waals surface area contributed by atoms with Crippen molar-refractivity contribution in [3.8, 4) is 0 Å². The third-order valence-electron chi connectivity index (χ3n) is 6.05. The Hall–Kier alpha value is -0.523. The number of halogens is 1. The van der Waals surface area contributed by atoms with Crippen molar-refractivity contribution in [2.45, 2.75) is 87.1 Å². The molecule has 0 bridgehead atoms. The molecular formula is C22H33IO6Si. The molecule has 0 unspecified atom stereocenters. The van der Waals surface area contributed by atoms with Crippen LogP contribution in [0.25, 0.3) is 0 Å². The number of rotatable bonds is 6. The van der Waals surface area contributed by atoms with Crippen LogP contribution in [0.15, 0.2) is 30.3 Å². The molecule has 0 radical (unpaired) electrons. The van der Waals surface area contributed by atoms with Crippen molar-refractivity contribution < 1.29 is 28.2 Å². The summed E-state index contributed by atoms with van der Waals surface area (Å²) in [4.78, 5) is 12.8. The van der Waals surface area contributed by atoms with Crippen LogP contribution in [0.1, 0.15) is 45.0 Å². The quantitative estimate of drug-likeness (QED) is 0.218. The van der Waals surface area contributed by atoms with Gasteiger partial charge in [-0.1, -0.05) is 61.6 Å². The van der Waals surface area contributed by atoms with E-state index >= 15 is 0 Å². The molecule has 5 atom stereocenters. The molecule has 0 aliphatic carbocycles. The summed E-state index contributed by atoms with van der Waals surface area (Å²) in [5, 5.41) is 0.117. The first kappa shape index (κ1) is 24.1. The summed E-state index contributed by atoms with van der Waals surface area (Å²) in [6, 6.07) is 8.97. The van der Waals surface area contributed by atoms with Gasteiger partial charge in [0.1, 0.15) is 6.10 Å². The number of fused-ring (bicyclic) bond motifs is 1. The lowest BCUT2D eigenvalue weighted by atomic mass is 10.1. The number of carbonyl (C=O) groups excluding carboxylic acids is 1. The Morgan fingerprint density at radius 2 is 1.83 bits per heavy atom. The largest absolute Gasteiger partial charge is 0.453 e. The van der Waals surface area contributed by atoms with Gasteiger partial charge in [0, 0.05) is 6.61 Å². The second-order valence-corrected chi connectivity index (χ2v) is 16.3. The first-order chi connectivity index (χ1) is 13.8. The van der Waals surface area contributed by atoms with Crippen LogP contribution < -0.4 is 0 Å². The average molecular weight is 548 g/mol. The van der Waals surface area contributed by atoms with Gasteiger partial charge in [-0.2, -0.15) is 0 Å². The highest BCUT2D eigenvalue weighted by molar-refractivity contribution is 14.1. The minimum Gasteiger partial charge on any atom is -0.453 e. The van der Waals surface area contributed by atoms with Gasteiger partial charge in [0.15, 0.2) is 32.6 Å². The minimum atomic E-state index is -1.91. The summed E-state index contributed by atoms with van der Waals surface area (Å²) in [5.41, 5.74) is 0.500. The highest BCUT2D eigenvalue weighted by atomic mass is 127. The van der Waals surface area contributed by atoms with Crippen LogP contribution in [-0.2, 0) is 23.4 Å². The molecule has 1 aromatic carbocycles. The predicted octanol–water partition coefficient (Wildman–Crippen LogP) is 4.91. The van der Waals surface area contributed by atoms with E-state index in [1.165, 1.54) is 0 Å². The third-order valence-corrected chi connectivity index (χ3v) is 11.6. The maximum atomic E-state index is 12.8. The Morgan fingerprint density at radius 1 is 1.20 bits per heavy atom. The molecule has 0 aromatic heterocycles. The number of benzene rings is 1. The molecule has 6 nitrogen and oxygen atoms in total. The fourth-order valence-electron chi connectivity index (χ4n) is 3.29. The number of ether oxygens (including phenoxy) is 4. The Bertz CT molecular complexity index is 748. The van der Waals surface area contributed by atoms with Gasteiger partial charge in [-0.15, -0.1) is 0 Å². The van der Waals surface area contributed by atoms with E-state index in [0.717, 1.165) is 0 Å². The number of hydrogen-bond acceptors (Lipinski definition) is 6. The first-order valence-electron chi connectivity index (χ1n) is 10.4. The van der Waals surface area contributed by atoms with E-state index in [1.807, 2.05) is 32.0 Å². The van der Waals surface area contributed by atoms with E-state index in [2.05, 4.69) is 56.5 Å². The number of esters is 1. The van der Waals surface area contributed by atoms with Crippen molar-refractivity contribution in [1.29, 1.82) is 0 Å². The lowest BCUT2D eigenvalue weighted by molar-refractivity contribution is -0.214. The molecule has 2 aliphatic heterocycles. The zero-order chi connectivity index (χ0) is 22.3. The maximum Gasteiger partial charge on any atom is 0.338 e. The standard InChI is InChI=1S/C22H33IO6Si/c1-21(2,3)30(6,7)25-13-15(23)16-17(18-20(27-16)29-22(4,5)28-18)26-19(24)14-11-9-8-10-12-14/h8-12,15-18,20H,13H2,1-7H3/t15-,16+,17+,18+,20+/m0/s1. The normalized spacial score (nSPS) is 29.5. The topological polar surface area (TPSA) is 63.2 Å². The summed E-state index contributed by atoms with van der Waals surface area (Å²) in [7, 11) is -1.91. The van der Waals surface area contributed by atoms with Gasteiger partial charge < -0.3 is 23.4 Å². The fourth-order valence-corrected chi connectivity index (χ4v) is 5.42. The van der Waals surface area contributed by atoms with E-state index in [4.69, 9.17) is 23.4 Å². The van der Waals surface area contributed by atoms with Crippen molar-refractivity contribution >= 4 is 36.9 Å². The van der Waals surface area contributed by atoms with Crippen LogP contribution in [0.4, 0.5) is 0 Å². The van der Waals surface area contributed by atoms with Crippen LogP contribution >= 0.6 is 22.6 Å². The van der Waals surface area contributed by atoms with Crippen molar-refractivity contribution in [2.75, 3.05) is 6.61 Å². The van der Waals surface area contributed by atoms with Crippen LogP contribution in [0.2, 0.25) is 18.1 Å². The van der Waals surface area contributed by atoms with Crippen molar-refractivity contribution in [3.05, 3.63) is 35.9 Å². The van der Waals surface area contributed by atoms with Gasteiger partial charge in [-0.05, 0) is 44.1 Å². The summed E-state index contributed by atoms with van der Waals surface area (Å²) < 4.78 is 30.4. The molecule has 0 spiro atoms. The maximum absolute atomic E-state index is 12.8. The van der Waals surface area contributed by atoms with Gasteiger partial charge in [-0.25, -0.2) is 4.79 Å². The van der Waals surface area contributed by atoms with Crippen molar-refractivity contribution in [1.82, 2.24) is 0 Å². The monoisotopic (exact) mass is 548 g/mol. The van der Waals surface area contributed by atoms with Crippen LogP contribution in [0, 0.1) is 0 Å².